The van der Waals surface area contributed by atoms with E-state index < -0.39 is 0 Å². The Bertz CT molecular complexity index is 175. The van der Waals surface area contributed by atoms with Gasteiger partial charge in [0.05, 0.1) is 31.5 Å². The highest BCUT2D eigenvalue weighted by molar-refractivity contribution is 4.96. The third-order valence-electron chi connectivity index (χ3n) is 2.76. The van der Waals surface area contributed by atoms with Crippen LogP contribution in [-0.4, -0.2) is 51.7 Å². The lowest BCUT2D eigenvalue weighted by molar-refractivity contribution is -0.141. The largest absolute Gasteiger partial charge is 0.377 e. The molecule has 0 heterocycles. The molecule has 0 amide bonds. The van der Waals surface area contributed by atoms with Crippen molar-refractivity contribution >= 4 is 0 Å². The maximum atomic E-state index is 5.67. The molecule has 4 nitrogen and oxygen atoms in total. The molecular weight excluding hydrogens is 194 g/mol. The monoisotopic (exact) mass is 217 g/mol. The van der Waals surface area contributed by atoms with Gasteiger partial charge < -0.3 is 19.5 Å². The van der Waals surface area contributed by atoms with E-state index in [0.29, 0.717) is 19.3 Å². The molecule has 90 valence electrons. The van der Waals surface area contributed by atoms with Gasteiger partial charge in [-0.15, -0.1) is 0 Å². The van der Waals surface area contributed by atoms with Crippen LogP contribution >= 0.6 is 0 Å². The van der Waals surface area contributed by atoms with Gasteiger partial charge in [0, 0.05) is 13.2 Å². The molecule has 3 unspecified atom stereocenters. The van der Waals surface area contributed by atoms with Crippen LogP contribution in [0.5, 0.6) is 0 Å². The van der Waals surface area contributed by atoms with Crippen LogP contribution in [-0.2, 0) is 14.2 Å². The van der Waals surface area contributed by atoms with Crippen molar-refractivity contribution in [3.8, 4) is 0 Å². The zero-order valence-corrected chi connectivity index (χ0v) is 10.2. The van der Waals surface area contributed by atoms with Crippen LogP contribution in [0, 0.1) is 0 Å². The minimum absolute atomic E-state index is 0.189. The Kier molecular flexibility index (Phi) is 5.53. The maximum Gasteiger partial charge on any atom is 0.0986 e. The van der Waals surface area contributed by atoms with Crippen molar-refractivity contribution in [2.45, 2.75) is 44.6 Å². The Morgan fingerprint density at radius 3 is 2.60 bits per heavy atom. The molecule has 3 atom stereocenters. The van der Waals surface area contributed by atoms with E-state index in [1.54, 1.807) is 7.11 Å². The highest BCUT2D eigenvalue weighted by Crippen LogP contribution is 2.26. The minimum Gasteiger partial charge on any atom is -0.377 e. The molecule has 0 saturated heterocycles. The molecule has 0 spiro atoms. The topological polar surface area (TPSA) is 39.7 Å². The number of ether oxygens (including phenoxy) is 3. The second-order valence-electron chi connectivity index (χ2n) is 4.16. The van der Waals surface area contributed by atoms with E-state index in [-0.39, 0.29) is 18.3 Å². The molecule has 4 heteroatoms. The van der Waals surface area contributed by atoms with E-state index in [2.05, 4.69) is 5.32 Å². The van der Waals surface area contributed by atoms with Crippen molar-refractivity contribution in [1.29, 1.82) is 0 Å². The van der Waals surface area contributed by atoms with Crippen molar-refractivity contribution in [2.24, 2.45) is 0 Å². The molecule has 1 aliphatic carbocycles. The molecule has 1 aliphatic rings. The summed E-state index contributed by atoms with van der Waals surface area (Å²) in [5.74, 6) is 0. The Morgan fingerprint density at radius 1 is 1.33 bits per heavy atom. The van der Waals surface area contributed by atoms with Crippen LogP contribution in [0.2, 0.25) is 0 Å². The number of likely N-dealkylation sites (N-methyl/N-ethyl adjacent to an activating group) is 1. The van der Waals surface area contributed by atoms with Gasteiger partial charge in [0.15, 0.2) is 0 Å². The summed E-state index contributed by atoms with van der Waals surface area (Å²) in [6.45, 7) is 5.37. The molecule has 1 fully saturated rings. The van der Waals surface area contributed by atoms with Gasteiger partial charge in [0.2, 0.25) is 0 Å². The summed E-state index contributed by atoms with van der Waals surface area (Å²) in [6, 6.07) is 0.436. The maximum absolute atomic E-state index is 5.67. The van der Waals surface area contributed by atoms with Crippen molar-refractivity contribution in [3.63, 3.8) is 0 Å². The smallest absolute Gasteiger partial charge is 0.0986 e. The summed E-state index contributed by atoms with van der Waals surface area (Å²) >= 11 is 0. The Hall–Kier alpha value is -0.160. The van der Waals surface area contributed by atoms with Gasteiger partial charge in [-0.25, -0.2) is 0 Å². The van der Waals surface area contributed by atoms with E-state index >= 15 is 0 Å². The Labute approximate surface area is 92.3 Å². The van der Waals surface area contributed by atoms with Crippen LogP contribution in [0.3, 0.4) is 0 Å². The predicted molar refractivity (Wildman–Crippen MR) is 59.1 cm³/mol. The van der Waals surface area contributed by atoms with E-state index in [9.17, 15) is 0 Å². The third kappa shape index (κ3) is 3.72. The predicted octanol–water partition coefficient (Wildman–Crippen LogP) is 0.803. The lowest BCUT2D eigenvalue weighted by Crippen LogP contribution is -2.59. The molecular formula is C11H23NO3. The van der Waals surface area contributed by atoms with E-state index in [4.69, 9.17) is 14.2 Å². The number of methoxy groups -OCH3 is 1. The molecule has 15 heavy (non-hydrogen) atoms. The van der Waals surface area contributed by atoms with Crippen LogP contribution in [0.15, 0.2) is 0 Å². The van der Waals surface area contributed by atoms with Gasteiger partial charge in [0.25, 0.3) is 0 Å². The SMILES string of the molecule is CNC1CC(OCCOC(C)C)C1OC. The van der Waals surface area contributed by atoms with Crippen LogP contribution in [0.25, 0.3) is 0 Å². The highest BCUT2D eigenvalue weighted by Gasteiger charge is 2.41. The summed E-state index contributed by atoms with van der Waals surface area (Å²) in [7, 11) is 3.68. The molecule has 0 aromatic carbocycles. The Morgan fingerprint density at radius 2 is 2.07 bits per heavy atom. The molecule has 0 aliphatic heterocycles. The zero-order valence-electron chi connectivity index (χ0n) is 10.2. The molecule has 1 N–H and O–H groups in total. The van der Waals surface area contributed by atoms with Gasteiger partial charge >= 0.3 is 0 Å². The standard InChI is InChI=1S/C11H23NO3/c1-8(2)14-5-6-15-10-7-9(12-3)11(10)13-4/h8-12H,5-7H2,1-4H3. The number of hydrogen-bond acceptors (Lipinski definition) is 4. The average Bonchev–Trinajstić information content (AvgIpc) is 2.15. The van der Waals surface area contributed by atoms with E-state index in [1.165, 1.54) is 0 Å². The second-order valence-corrected chi connectivity index (χ2v) is 4.16. The number of hydrogen-bond donors (Lipinski definition) is 1. The van der Waals surface area contributed by atoms with Crippen molar-refractivity contribution < 1.29 is 14.2 Å². The van der Waals surface area contributed by atoms with Crippen LogP contribution in [0.4, 0.5) is 0 Å². The van der Waals surface area contributed by atoms with E-state index in [0.717, 1.165) is 6.42 Å². The zero-order chi connectivity index (χ0) is 11.3. The summed E-state index contributed by atoms with van der Waals surface area (Å²) in [4.78, 5) is 0. The summed E-state index contributed by atoms with van der Waals surface area (Å²) in [5, 5.41) is 3.20. The first-order valence-electron chi connectivity index (χ1n) is 5.62. The van der Waals surface area contributed by atoms with Crippen molar-refractivity contribution in [2.75, 3.05) is 27.4 Å². The fourth-order valence-electron chi connectivity index (χ4n) is 1.83. The fourth-order valence-corrected chi connectivity index (χ4v) is 1.83. The van der Waals surface area contributed by atoms with Gasteiger partial charge in [-0.05, 0) is 27.3 Å². The first-order chi connectivity index (χ1) is 7.19. The van der Waals surface area contributed by atoms with Gasteiger partial charge in [-0.1, -0.05) is 0 Å². The summed E-state index contributed by atoms with van der Waals surface area (Å²) < 4.78 is 16.4. The number of rotatable bonds is 7. The molecule has 0 aromatic rings. The first-order valence-corrected chi connectivity index (χ1v) is 5.62. The summed E-state index contributed by atoms with van der Waals surface area (Å²) in [6.07, 6.45) is 1.71. The quantitative estimate of drug-likeness (QED) is 0.640. The molecule has 0 bridgehead atoms. The number of nitrogens with one attached hydrogen (secondary N) is 1. The van der Waals surface area contributed by atoms with Gasteiger partial charge in [0.1, 0.15) is 0 Å². The van der Waals surface area contributed by atoms with E-state index in [1.807, 2.05) is 20.9 Å². The van der Waals surface area contributed by atoms with Crippen LogP contribution < -0.4 is 5.32 Å². The lowest BCUT2D eigenvalue weighted by Gasteiger charge is -2.43. The fraction of sp³-hybridized carbons (Fsp3) is 1.00. The van der Waals surface area contributed by atoms with Gasteiger partial charge in [-0.2, -0.15) is 0 Å². The molecule has 1 saturated carbocycles. The third-order valence-corrected chi connectivity index (χ3v) is 2.76. The molecule has 0 aromatic heterocycles. The Balaban J connectivity index is 2.07. The molecule has 0 radical (unpaired) electrons. The van der Waals surface area contributed by atoms with Gasteiger partial charge in [-0.3, -0.25) is 0 Å². The molecule has 1 rings (SSSR count). The summed E-state index contributed by atoms with van der Waals surface area (Å²) in [5.41, 5.74) is 0. The normalized spacial score (nSPS) is 30.6. The first kappa shape index (κ1) is 12.9. The lowest BCUT2D eigenvalue weighted by atomic mass is 9.85. The average molecular weight is 217 g/mol. The highest BCUT2D eigenvalue weighted by atomic mass is 16.6. The second kappa shape index (κ2) is 6.43. The van der Waals surface area contributed by atoms with Crippen molar-refractivity contribution in [1.82, 2.24) is 5.32 Å². The van der Waals surface area contributed by atoms with Crippen LogP contribution in [0.1, 0.15) is 20.3 Å². The minimum atomic E-state index is 0.189. The van der Waals surface area contributed by atoms with Crippen molar-refractivity contribution in [3.05, 3.63) is 0 Å².